The van der Waals surface area contributed by atoms with E-state index in [-0.39, 0.29) is 11.4 Å². The van der Waals surface area contributed by atoms with Crippen molar-refractivity contribution in [1.29, 1.82) is 0 Å². The molecular formula is C14H18N4O3. The summed E-state index contributed by atoms with van der Waals surface area (Å²) in [5.74, 6) is 0.997. The molecule has 0 aliphatic rings. The van der Waals surface area contributed by atoms with Crippen LogP contribution in [0.4, 0.5) is 11.5 Å². The number of nitrogens with one attached hydrogen (secondary N) is 1. The Morgan fingerprint density at radius 2 is 2.19 bits per heavy atom. The van der Waals surface area contributed by atoms with Gasteiger partial charge in [-0.25, -0.2) is 0 Å². The van der Waals surface area contributed by atoms with Gasteiger partial charge in [-0.1, -0.05) is 19.9 Å². The molecule has 3 N–H and O–H groups in total. The summed E-state index contributed by atoms with van der Waals surface area (Å²) in [6.45, 7) is 4.14. The average Bonchev–Trinajstić information content (AvgIpc) is 2.78. The van der Waals surface area contributed by atoms with Gasteiger partial charge in [-0.05, 0) is 18.4 Å². The second-order valence-corrected chi connectivity index (χ2v) is 5.18. The monoisotopic (exact) mass is 290 g/mol. The zero-order chi connectivity index (χ0) is 15.6. The van der Waals surface area contributed by atoms with Gasteiger partial charge >= 0.3 is 5.69 Å². The normalized spacial score (nSPS) is 10.9. The molecule has 0 bridgehead atoms. The zero-order valence-electron chi connectivity index (χ0n) is 12.2. The van der Waals surface area contributed by atoms with E-state index in [1.165, 1.54) is 13.2 Å². The highest BCUT2D eigenvalue weighted by atomic mass is 16.6. The van der Waals surface area contributed by atoms with Gasteiger partial charge in [-0.15, -0.1) is 0 Å². The maximum Gasteiger partial charge on any atom is 0.311 e. The van der Waals surface area contributed by atoms with E-state index in [9.17, 15) is 10.1 Å². The molecule has 1 heterocycles. The number of anilines is 1. The van der Waals surface area contributed by atoms with Crippen LogP contribution in [-0.2, 0) is 6.42 Å². The molecular weight excluding hydrogens is 272 g/mol. The van der Waals surface area contributed by atoms with E-state index < -0.39 is 4.92 Å². The Morgan fingerprint density at radius 3 is 2.76 bits per heavy atom. The molecule has 0 saturated heterocycles. The lowest BCUT2D eigenvalue weighted by Gasteiger charge is -2.10. The number of aromatic amines is 1. The second-order valence-electron chi connectivity index (χ2n) is 5.18. The van der Waals surface area contributed by atoms with E-state index in [4.69, 9.17) is 10.5 Å². The van der Waals surface area contributed by atoms with Crippen LogP contribution >= 0.6 is 0 Å². The molecule has 0 spiro atoms. The Bertz CT molecular complexity index is 664. The number of methoxy groups -OCH3 is 1. The maximum atomic E-state index is 11.1. The molecule has 0 saturated carbocycles. The first kappa shape index (κ1) is 14.8. The number of H-pyrrole nitrogens is 1. The van der Waals surface area contributed by atoms with Crippen molar-refractivity contribution in [3.63, 3.8) is 0 Å². The molecule has 112 valence electrons. The highest BCUT2D eigenvalue weighted by Gasteiger charge is 2.23. The molecule has 0 aliphatic heterocycles. The summed E-state index contributed by atoms with van der Waals surface area (Å²) < 4.78 is 5.23. The third-order valence-electron chi connectivity index (χ3n) is 3.18. The van der Waals surface area contributed by atoms with Crippen molar-refractivity contribution >= 4 is 11.5 Å². The first-order valence-electron chi connectivity index (χ1n) is 6.60. The van der Waals surface area contributed by atoms with Gasteiger partial charge in [-0.3, -0.25) is 15.2 Å². The lowest BCUT2D eigenvalue weighted by molar-refractivity contribution is -0.385. The van der Waals surface area contributed by atoms with Gasteiger partial charge in [0.15, 0.2) is 0 Å². The number of hydrogen-bond donors (Lipinski definition) is 2. The number of hydrogen-bond acceptors (Lipinski definition) is 5. The number of nitrogens with zero attached hydrogens (tertiary/aromatic N) is 2. The molecule has 2 aromatic rings. The molecule has 2 rings (SSSR count). The summed E-state index contributed by atoms with van der Waals surface area (Å²) in [4.78, 5) is 10.6. The zero-order valence-corrected chi connectivity index (χ0v) is 12.2. The molecule has 1 aromatic carbocycles. The number of nitro benzene ring substituents is 1. The van der Waals surface area contributed by atoms with Crippen LogP contribution in [0.25, 0.3) is 11.3 Å². The van der Waals surface area contributed by atoms with Crippen molar-refractivity contribution in [3.05, 3.63) is 33.9 Å². The number of nitrogen functional groups attached to an aromatic ring is 1. The van der Waals surface area contributed by atoms with E-state index in [1.54, 1.807) is 12.1 Å². The summed E-state index contributed by atoms with van der Waals surface area (Å²) in [5, 5.41) is 18.0. The Labute approximate surface area is 122 Å². The first-order valence-corrected chi connectivity index (χ1v) is 6.60. The van der Waals surface area contributed by atoms with Crippen molar-refractivity contribution in [2.45, 2.75) is 20.3 Å². The molecule has 1 aromatic heterocycles. The van der Waals surface area contributed by atoms with Gasteiger partial charge in [0.2, 0.25) is 5.75 Å². The largest absolute Gasteiger partial charge is 0.490 e. The number of ether oxygens (including phenoxy) is 1. The fourth-order valence-electron chi connectivity index (χ4n) is 2.30. The van der Waals surface area contributed by atoms with Crippen LogP contribution in [0.1, 0.15) is 19.4 Å². The fraction of sp³-hybridized carbons (Fsp3) is 0.357. The number of para-hydroxylation sites is 1. The summed E-state index contributed by atoms with van der Waals surface area (Å²) in [7, 11) is 1.41. The van der Waals surface area contributed by atoms with Crippen LogP contribution in [0.2, 0.25) is 0 Å². The highest BCUT2D eigenvalue weighted by molar-refractivity contribution is 5.77. The van der Waals surface area contributed by atoms with E-state index in [0.29, 0.717) is 23.0 Å². The predicted molar refractivity (Wildman–Crippen MR) is 80.2 cm³/mol. The molecule has 7 heteroatoms. The van der Waals surface area contributed by atoms with E-state index >= 15 is 0 Å². The smallest absolute Gasteiger partial charge is 0.311 e. The Morgan fingerprint density at radius 1 is 1.48 bits per heavy atom. The Hall–Kier alpha value is -2.57. The van der Waals surface area contributed by atoms with Gasteiger partial charge in [0.1, 0.15) is 5.82 Å². The minimum absolute atomic E-state index is 0.0846. The summed E-state index contributed by atoms with van der Waals surface area (Å²) in [6, 6.07) is 4.78. The van der Waals surface area contributed by atoms with Gasteiger partial charge < -0.3 is 10.5 Å². The first-order chi connectivity index (χ1) is 9.95. The van der Waals surface area contributed by atoms with Crippen molar-refractivity contribution in [3.8, 4) is 17.0 Å². The molecule has 7 nitrogen and oxygen atoms in total. The van der Waals surface area contributed by atoms with Crippen molar-refractivity contribution < 1.29 is 9.66 Å². The van der Waals surface area contributed by atoms with Crippen LogP contribution in [0.3, 0.4) is 0 Å². The minimum atomic E-state index is -0.468. The maximum absolute atomic E-state index is 11.1. The van der Waals surface area contributed by atoms with Crippen molar-refractivity contribution in [1.82, 2.24) is 10.2 Å². The van der Waals surface area contributed by atoms with Crippen LogP contribution in [0.15, 0.2) is 18.2 Å². The Kier molecular flexibility index (Phi) is 4.11. The SMILES string of the molecule is COc1c(-c2[nH]nc(N)c2CC(C)C)cccc1[N+](=O)[O-]. The van der Waals surface area contributed by atoms with Crippen LogP contribution in [0, 0.1) is 16.0 Å². The molecule has 0 atom stereocenters. The summed E-state index contributed by atoms with van der Waals surface area (Å²) in [6.07, 6.45) is 0.726. The standard InChI is InChI=1S/C14H18N4O3/c1-8(2)7-10-12(16-17-14(10)15)9-5-4-6-11(18(19)20)13(9)21-3/h4-6,8H,7H2,1-3H3,(H3,15,16,17). The molecule has 0 aliphatic carbocycles. The van der Waals surface area contributed by atoms with Crippen molar-refractivity contribution in [2.75, 3.05) is 12.8 Å². The third kappa shape index (κ3) is 2.81. The van der Waals surface area contributed by atoms with Gasteiger partial charge in [0.05, 0.1) is 17.7 Å². The predicted octanol–water partition coefficient (Wildman–Crippen LogP) is 2.77. The quantitative estimate of drug-likeness (QED) is 0.650. The second kappa shape index (κ2) is 5.82. The average molecular weight is 290 g/mol. The van der Waals surface area contributed by atoms with Crippen LogP contribution in [-0.4, -0.2) is 22.2 Å². The lowest BCUT2D eigenvalue weighted by Crippen LogP contribution is -2.01. The topological polar surface area (TPSA) is 107 Å². The number of rotatable bonds is 5. The Balaban J connectivity index is 2.62. The number of nitrogens with two attached hydrogens (primary N) is 1. The van der Waals surface area contributed by atoms with E-state index in [2.05, 4.69) is 24.0 Å². The summed E-state index contributed by atoms with van der Waals surface area (Å²) >= 11 is 0. The van der Waals surface area contributed by atoms with Crippen LogP contribution in [0.5, 0.6) is 5.75 Å². The van der Waals surface area contributed by atoms with E-state index in [1.807, 2.05) is 0 Å². The highest BCUT2D eigenvalue weighted by Crippen LogP contribution is 2.39. The number of nitro groups is 1. The summed E-state index contributed by atoms with van der Waals surface area (Å²) in [5.41, 5.74) is 7.92. The van der Waals surface area contributed by atoms with Crippen molar-refractivity contribution in [2.24, 2.45) is 5.92 Å². The van der Waals surface area contributed by atoms with Gasteiger partial charge in [-0.2, -0.15) is 5.10 Å². The lowest BCUT2D eigenvalue weighted by atomic mass is 9.98. The third-order valence-corrected chi connectivity index (χ3v) is 3.18. The van der Waals surface area contributed by atoms with Gasteiger partial charge in [0.25, 0.3) is 0 Å². The fourth-order valence-corrected chi connectivity index (χ4v) is 2.30. The minimum Gasteiger partial charge on any atom is -0.490 e. The molecule has 0 radical (unpaired) electrons. The van der Waals surface area contributed by atoms with E-state index in [0.717, 1.165) is 12.0 Å². The van der Waals surface area contributed by atoms with Gasteiger partial charge in [0, 0.05) is 17.2 Å². The molecule has 0 unspecified atom stereocenters. The number of aromatic nitrogens is 2. The molecule has 21 heavy (non-hydrogen) atoms. The molecule has 0 amide bonds. The van der Waals surface area contributed by atoms with Crippen LogP contribution < -0.4 is 10.5 Å². The molecule has 0 fully saturated rings. The number of benzene rings is 1.